The Morgan fingerprint density at radius 2 is 1.91 bits per heavy atom. The zero-order valence-electron chi connectivity index (χ0n) is 14.5. The van der Waals surface area contributed by atoms with Crippen molar-refractivity contribution in [3.05, 3.63) is 12.2 Å². The Morgan fingerprint density at radius 1 is 1.18 bits per heavy atom. The molecule has 3 saturated carbocycles. The minimum absolute atomic E-state index is 0.213. The second-order valence-electron chi connectivity index (χ2n) is 8.45. The van der Waals surface area contributed by atoms with Crippen molar-refractivity contribution in [3.8, 4) is 0 Å². The van der Waals surface area contributed by atoms with Crippen molar-refractivity contribution in [3.63, 3.8) is 0 Å². The molecule has 0 heterocycles. The number of fused-ring (bicyclic) bond motifs is 5. The van der Waals surface area contributed by atoms with Gasteiger partial charge in [-0.2, -0.15) is 0 Å². The monoisotopic (exact) mass is 304 g/mol. The summed E-state index contributed by atoms with van der Waals surface area (Å²) in [5.41, 5.74) is 0.520. The second-order valence-corrected chi connectivity index (χ2v) is 8.45. The molecule has 3 fully saturated rings. The molecular formula is C20H32O2. The summed E-state index contributed by atoms with van der Waals surface area (Å²) < 4.78 is 5.41. The van der Waals surface area contributed by atoms with E-state index in [2.05, 4.69) is 20.4 Å². The van der Waals surface area contributed by atoms with Gasteiger partial charge in [0.15, 0.2) is 0 Å². The zero-order valence-corrected chi connectivity index (χ0v) is 14.5. The highest BCUT2D eigenvalue weighted by molar-refractivity contribution is 5.86. The van der Waals surface area contributed by atoms with Gasteiger partial charge < -0.3 is 4.74 Å². The number of hydrogen-bond donors (Lipinski definition) is 0. The summed E-state index contributed by atoms with van der Waals surface area (Å²) in [6, 6.07) is 0. The lowest BCUT2D eigenvalue weighted by Crippen LogP contribution is -2.25. The van der Waals surface area contributed by atoms with E-state index in [9.17, 15) is 4.79 Å². The summed E-state index contributed by atoms with van der Waals surface area (Å²) in [7, 11) is 0. The van der Waals surface area contributed by atoms with Gasteiger partial charge in [0.2, 0.25) is 0 Å². The van der Waals surface area contributed by atoms with Crippen LogP contribution in [-0.4, -0.2) is 12.6 Å². The Bertz CT molecular complexity index is 441. The Morgan fingerprint density at radius 3 is 2.59 bits per heavy atom. The maximum Gasteiger partial charge on any atom is 0.333 e. The fourth-order valence-corrected chi connectivity index (χ4v) is 5.73. The van der Waals surface area contributed by atoms with Gasteiger partial charge in [-0.15, -0.1) is 0 Å². The first-order valence-electron chi connectivity index (χ1n) is 9.32. The summed E-state index contributed by atoms with van der Waals surface area (Å²) >= 11 is 0. The molecule has 0 radical (unpaired) electrons. The zero-order chi connectivity index (χ0) is 15.9. The molecule has 0 N–H and O–H groups in total. The summed E-state index contributed by atoms with van der Waals surface area (Å²) in [6.07, 6.45) is 8.33. The lowest BCUT2D eigenvalue weighted by atomic mass is 9.73. The molecule has 0 aromatic heterocycles. The molecule has 124 valence electrons. The van der Waals surface area contributed by atoms with Crippen LogP contribution in [0, 0.1) is 41.4 Å². The van der Waals surface area contributed by atoms with Gasteiger partial charge in [0, 0.05) is 5.57 Å². The van der Waals surface area contributed by atoms with Crippen LogP contribution in [0.4, 0.5) is 0 Å². The highest BCUT2D eigenvalue weighted by Gasteiger charge is 2.55. The Kier molecular flexibility index (Phi) is 4.66. The van der Waals surface area contributed by atoms with E-state index < -0.39 is 0 Å². The summed E-state index contributed by atoms with van der Waals surface area (Å²) in [5, 5.41) is 0. The van der Waals surface area contributed by atoms with Gasteiger partial charge in [0.05, 0.1) is 6.61 Å². The Balaban J connectivity index is 1.52. The second kappa shape index (κ2) is 6.37. The largest absolute Gasteiger partial charge is 0.462 e. The Labute approximate surface area is 135 Å². The van der Waals surface area contributed by atoms with E-state index in [1.165, 1.54) is 38.5 Å². The molecule has 0 aromatic rings. The maximum atomic E-state index is 11.6. The van der Waals surface area contributed by atoms with Crippen LogP contribution in [0.5, 0.6) is 0 Å². The van der Waals surface area contributed by atoms with E-state index in [0.29, 0.717) is 18.1 Å². The molecule has 22 heavy (non-hydrogen) atoms. The Hall–Kier alpha value is -0.790. The molecule has 2 nitrogen and oxygen atoms in total. The third-order valence-corrected chi connectivity index (χ3v) is 6.90. The SMILES string of the molecule is C=C(C)C(=O)OCC1CC2C3C[C@@H](CC3CC(C)CC)[C@H]2C1. The van der Waals surface area contributed by atoms with Crippen LogP contribution < -0.4 is 0 Å². The summed E-state index contributed by atoms with van der Waals surface area (Å²) in [4.78, 5) is 11.6. The molecular weight excluding hydrogens is 272 g/mol. The van der Waals surface area contributed by atoms with Gasteiger partial charge in [-0.25, -0.2) is 4.79 Å². The number of carbonyl (C=O) groups is 1. The fourth-order valence-electron chi connectivity index (χ4n) is 5.73. The van der Waals surface area contributed by atoms with E-state index in [1.807, 2.05) is 0 Å². The van der Waals surface area contributed by atoms with Crippen LogP contribution in [0.2, 0.25) is 0 Å². The van der Waals surface area contributed by atoms with Crippen molar-refractivity contribution < 1.29 is 9.53 Å². The van der Waals surface area contributed by atoms with Crippen molar-refractivity contribution >= 4 is 5.97 Å². The molecule has 7 atom stereocenters. The van der Waals surface area contributed by atoms with Gasteiger partial charge in [-0.3, -0.25) is 0 Å². The molecule has 3 aliphatic carbocycles. The minimum atomic E-state index is -0.213. The van der Waals surface area contributed by atoms with Crippen molar-refractivity contribution in [2.45, 2.75) is 59.3 Å². The van der Waals surface area contributed by atoms with Gasteiger partial charge in [-0.05, 0) is 80.5 Å². The lowest BCUT2D eigenvalue weighted by Gasteiger charge is -2.32. The van der Waals surface area contributed by atoms with Crippen molar-refractivity contribution in [1.82, 2.24) is 0 Å². The quantitative estimate of drug-likeness (QED) is 0.518. The molecule has 2 bridgehead atoms. The highest BCUT2D eigenvalue weighted by Crippen LogP contribution is 2.63. The van der Waals surface area contributed by atoms with E-state index in [4.69, 9.17) is 4.74 Å². The molecule has 0 spiro atoms. The standard InChI is InChI=1S/C20H32O2/c1-5-13(4)6-15-9-16-10-18(15)19-8-14(7-17(16)19)11-22-20(21)12(2)3/h13-19H,2,5-11H2,1,3-4H3/t13?,14?,15?,16-,17-,18?,19?/m1/s1. The molecule has 0 saturated heterocycles. The predicted molar refractivity (Wildman–Crippen MR) is 89.3 cm³/mol. The van der Waals surface area contributed by atoms with Gasteiger partial charge >= 0.3 is 5.97 Å². The van der Waals surface area contributed by atoms with Crippen LogP contribution in [0.15, 0.2) is 12.2 Å². The molecule has 5 unspecified atom stereocenters. The average molecular weight is 304 g/mol. The van der Waals surface area contributed by atoms with Crippen LogP contribution in [0.3, 0.4) is 0 Å². The van der Waals surface area contributed by atoms with Crippen LogP contribution in [0.1, 0.15) is 59.3 Å². The van der Waals surface area contributed by atoms with Crippen LogP contribution in [0.25, 0.3) is 0 Å². The van der Waals surface area contributed by atoms with Gasteiger partial charge in [0.1, 0.15) is 0 Å². The lowest BCUT2D eigenvalue weighted by molar-refractivity contribution is -0.140. The summed E-state index contributed by atoms with van der Waals surface area (Å²) in [6.45, 7) is 10.7. The molecule has 0 amide bonds. The molecule has 0 aliphatic heterocycles. The molecule has 2 heteroatoms. The van der Waals surface area contributed by atoms with Crippen LogP contribution >= 0.6 is 0 Å². The van der Waals surface area contributed by atoms with E-state index >= 15 is 0 Å². The van der Waals surface area contributed by atoms with E-state index in [1.54, 1.807) is 6.92 Å². The summed E-state index contributed by atoms with van der Waals surface area (Å²) in [5.74, 6) is 6.08. The molecule has 3 aliphatic rings. The van der Waals surface area contributed by atoms with Crippen molar-refractivity contribution in [2.75, 3.05) is 6.61 Å². The molecule has 0 aromatic carbocycles. The normalized spacial score (nSPS) is 40.5. The first-order chi connectivity index (χ1) is 10.5. The van der Waals surface area contributed by atoms with E-state index in [0.717, 1.165) is 35.5 Å². The van der Waals surface area contributed by atoms with Gasteiger partial charge in [0.25, 0.3) is 0 Å². The number of hydrogen-bond acceptors (Lipinski definition) is 2. The van der Waals surface area contributed by atoms with Gasteiger partial charge in [-0.1, -0.05) is 26.8 Å². The highest BCUT2D eigenvalue weighted by atomic mass is 16.5. The van der Waals surface area contributed by atoms with Crippen molar-refractivity contribution in [1.29, 1.82) is 0 Å². The fraction of sp³-hybridized carbons (Fsp3) is 0.850. The first kappa shape index (κ1) is 16.1. The number of ether oxygens (including phenoxy) is 1. The number of rotatable bonds is 6. The van der Waals surface area contributed by atoms with E-state index in [-0.39, 0.29) is 5.97 Å². The van der Waals surface area contributed by atoms with Crippen LogP contribution in [-0.2, 0) is 9.53 Å². The third-order valence-electron chi connectivity index (χ3n) is 6.90. The topological polar surface area (TPSA) is 26.3 Å². The average Bonchev–Trinajstić information content (AvgIpc) is 3.14. The smallest absolute Gasteiger partial charge is 0.333 e. The maximum absolute atomic E-state index is 11.6. The predicted octanol–water partition coefficient (Wildman–Crippen LogP) is 4.84. The third kappa shape index (κ3) is 2.98. The van der Waals surface area contributed by atoms with Crippen molar-refractivity contribution in [2.24, 2.45) is 41.4 Å². The minimum Gasteiger partial charge on any atom is -0.462 e. The first-order valence-corrected chi connectivity index (χ1v) is 9.32. The number of esters is 1. The molecule has 3 rings (SSSR count). The number of carbonyl (C=O) groups excluding carboxylic acids is 1.